The number of nitrogens with two attached hydrogens (primary N) is 1. The first-order valence-electron chi connectivity index (χ1n) is 6.76. The molecule has 0 amide bonds. The van der Waals surface area contributed by atoms with Gasteiger partial charge in [0.2, 0.25) is 5.95 Å². The third-order valence-electron chi connectivity index (χ3n) is 3.16. The third-order valence-corrected chi connectivity index (χ3v) is 3.41. The number of halogens is 1. The van der Waals surface area contributed by atoms with Crippen LogP contribution in [0.2, 0.25) is 5.02 Å². The van der Waals surface area contributed by atoms with E-state index in [1.165, 1.54) is 0 Å². The molecule has 2 aromatic rings. The van der Waals surface area contributed by atoms with Crippen LogP contribution >= 0.6 is 11.6 Å². The van der Waals surface area contributed by atoms with Gasteiger partial charge in [-0.3, -0.25) is 0 Å². The number of nitrogens with zero attached hydrogens (tertiary/aromatic N) is 3. The Balaban J connectivity index is 2.47. The van der Waals surface area contributed by atoms with Crippen molar-refractivity contribution in [3.63, 3.8) is 0 Å². The Bertz CT molecular complexity index is 565. The lowest BCUT2D eigenvalue weighted by Crippen LogP contribution is -2.25. The fourth-order valence-corrected chi connectivity index (χ4v) is 2.13. The smallest absolute Gasteiger partial charge is 0.226 e. The van der Waals surface area contributed by atoms with Gasteiger partial charge in [0.15, 0.2) is 0 Å². The Kier molecular flexibility index (Phi) is 4.93. The number of anilines is 1. The van der Waals surface area contributed by atoms with Crippen LogP contribution in [0.5, 0.6) is 0 Å². The molecule has 0 saturated heterocycles. The van der Waals surface area contributed by atoms with Gasteiger partial charge in [-0.05, 0) is 32.0 Å². The monoisotopic (exact) mass is 290 g/mol. The molecule has 0 radical (unpaired) electrons. The zero-order valence-corrected chi connectivity index (χ0v) is 12.6. The van der Waals surface area contributed by atoms with E-state index in [1.54, 1.807) is 0 Å². The topological polar surface area (TPSA) is 55.0 Å². The molecule has 0 aliphatic carbocycles. The van der Waals surface area contributed by atoms with Gasteiger partial charge >= 0.3 is 0 Å². The summed E-state index contributed by atoms with van der Waals surface area (Å²) in [6.07, 6.45) is 0. The van der Waals surface area contributed by atoms with Gasteiger partial charge in [-0.1, -0.05) is 23.7 Å². The number of rotatable bonds is 5. The van der Waals surface area contributed by atoms with Crippen molar-refractivity contribution < 1.29 is 0 Å². The number of hydrogen-bond donors (Lipinski definition) is 1. The molecule has 20 heavy (non-hydrogen) atoms. The molecule has 1 aromatic heterocycles. The van der Waals surface area contributed by atoms with Crippen LogP contribution < -0.4 is 10.6 Å². The second-order valence-electron chi connectivity index (χ2n) is 4.43. The van der Waals surface area contributed by atoms with Crippen molar-refractivity contribution in [1.82, 2.24) is 9.97 Å². The molecule has 1 aromatic carbocycles. The maximum atomic E-state index is 5.92. The van der Waals surface area contributed by atoms with Crippen LogP contribution in [-0.2, 0) is 6.54 Å². The van der Waals surface area contributed by atoms with Gasteiger partial charge in [-0.15, -0.1) is 0 Å². The van der Waals surface area contributed by atoms with E-state index in [4.69, 9.17) is 17.3 Å². The summed E-state index contributed by atoms with van der Waals surface area (Å²) in [5.41, 5.74) is 8.47. The normalized spacial score (nSPS) is 10.6. The average Bonchev–Trinajstić information content (AvgIpc) is 2.49. The maximum absolute atomic E-state index is 5.92. The molecule has 0 saturated carbocycles. The van der Waals surface area contributed by atoms with Crippen LogP contribution in [0.15, 0.2) is 30.3 Å². The molecule has 0 aliphatic heterocycles. The molecule has 0 aliphatic rings. The Labute approximate surface area is 124 Å². The Morgan fingerprint density at radius 2 is 1.75 bits per heavy atom. The van der Waals surface area contributed by atoms with Crippen LogP contribution in [0.4, 0.5) is 5.95 Å². The molecule has 0 fully saturated rings. The quantitative estimate of drug-likeness (QED) is 0.919. The highest BCUT2D eigenvalue weighted by Crippen LogP contribution is 2.22. The van der Waals surface area contributed by atoms with E-state index in [9.17, 15) is 0 Å². The second kappa shape index (κ2) is 6.68. The van der Waals surface area contributed by atoms with E-state index < -0.39 is 0 Å². The first kappa shape index (κ1) is 14.8. The van der Waals surface area contributed by atoms with Gasteiger partial charge < -0.3 is 10.6 Å². The fourth-order valence-electron chi connectivity index (χ4n) is 2.00. The van der Waals surface area contributed by atoms with Crippen molar-refractivity contribution in [2.24, 2.45) is 5.73 Å². The molecule has 5 heteroatoms. The van der Waals surface area contributed by atoms with Gasteiger partial charge in [-0.2, -0.15) is 0 Å². The highest BCUT2D eigenvalue weighted by molar-refractivity contribution is 6.30. The molecular formula is C15H19ClN4. The van der Waals surface area contributed by atoms with Gasteiger partial charge in [0, 0.05) is 30.2 Å². The van der Waals surface area contributed by atoms with Crippen LogP contribution in [0.1, 0.15) is 19.5 Å². The molecule has 1 heterocycles. The molecule has 0 bridgehead atoms. The van der Waals surface area contributed by atoms with E-state index in [2.05, 4.69) is 28.7 Å². The van der Waals surface area contributed by atoms with E-state index in [1.807, 2.05) is 30.3 Å². The van der Waals surface area contributed by atoms with Crippen molar-refractivity contribution in [2.45, 2.75) is 20.4 Å². The molecule has 0 unspecified atom stereocenters. The molecule has 2 N–H and O–H groups in total. The lowest BCUT2D eigenvalue weighted by Gasteiger charge is -2.19. The molecular weight excluding hydrogens is 272 g/mol. The molecule has 0 spiro atoms. The first-order valence-corrected chi connectivity index (χ1v) is 7.14. The minimum Gasteiger partial charge on any atom is -0.341 e. The van der Waals surface area contributed by atoms with Gasteiger partial charge in [0.1, 0.15) is 0 Å². The summed E-state index contributed by atoms with van der Waals surface area (Å²) >= 11 is 5.92. The maximum Gasteiger partial charge on any atom is 0.226 e. The third kappa shape index (κ3) is 3.26. The van der Waals surface area contributed by atoms with Crippen LogP contribution in [0.3, 0.4) is 0 Å². The largest absolute Gasteiger partial charge is 0.341 e. The highest BCUT2D eigenvalue weighted by Gasteiger charge is 2.10. The van der Waals surface area contributed by atoms with E-state index in [0.29, 0.717) is 11.6 Å². The predicted octanol–water partition coefficient (Wildman–Crippen LogP) is 3.10. The first-order chi connectivity index (χ1) is 9.67. The zero-order valence-electron chi connectivity index (χ0n) is 11.8. The van der Waals surface area contributed by atoms with E-state index in [0.717, 1.165) is 36.0 Å². The Morgan fingerprint density at radius 1 is 1.10 bits per heavy atom. The van der Waals surface area contributed by atoms with E-state index in [-0.39, 0.29) is 0 Å². The minimum absolute atomic E-state index is 0.400. The molecule has 0 atom stereocenters. The number of aromatic nitrogens is 2. The molecule has 106 valence electrons. The van der Waals surface area contributed by atoms with Crippen molar-refractivity contribution in [2.75, 3.05) is 18.0 Å². The van der Waals surface area contributed by atoms with Crippen molar-refractivity contribution in [1.29, 1.82) is 0 Å². The fraction of sp³-hybridized carbons (Fsp3) is 0.333. The molecule has 4 nitrogen and oxygen atoms in total. The summed E-state index contributed by atoms with van der Waals surface area (Å²) in [5, 5.41) is 0.714. The summed E-state index contributed by atoms with van der Waals surface area (Å²) in [5.74, 6) is 0.725. The van der Waals surface area contributed by atoms with Crippen LogP contribution in [-0.4, -0.2) is 23.1 Å². The summed E-state index contributed by atoms with van der Waals surface area (Å²) in [4.78, 5) is 11.2. The minimum atomic E-state index is 0.400. The van der Waals surface area contributed by atoms with Crippen molar-refractivity contribution >= 4 is 17.5 Å². The lowest BCUT2D eigenvalue weighted by molar-refractivity contribution is 0.809. The van der Waals surface area contributed by atoms with Gasteiger partial charge in [0.25, 0.3) is 0 Å². The summed E-state index contributed by atoms with van der Waals surface area (Å²) in [6.45, 7) is 6.31. The van der Waals surface area contributed by atoms with Crippen LogP contribution in [0, 0.1) is 0 Å². The second-order valence-corrected chi connectivity index (χ2v) is 4.86. The van der Waals surface area contributed by atoms with E-state index >= 15 is 0 Å². The number of hydrogen-bond acceptors (Lipinski definition) is 4. The van der Waals surface area contributed by atoms with Crippen LogP contribution in [0.25, 0.3) is 11.3 Å². The van der Waals surface area contributed by atoms with Gasteiger partial charge in [-0.25, -0.2) is 9.97 Å². The Morgan fingerprint density at radius 3 is 2.30 bits per heavy atom. The van der Waals surface area contributed by atoms with Gasteiger partial charge in [0.05, 0.1) is 11.4 Å². The standard InChI is InChI=1S/C15H19ClN4/c1-3-20(4-2)15-18-13(10-17)9-14(19-15)11-5-7-12(16)8-6-11/h5-9H,3-4,10,17H2,1-2H3. The lowest BCUT2D eigenvalue weighted by atomic mass is 10.1. The highest BCUT2D eigenvalue weighted by atomic mass is 35.5. The molecule has 2 rings (SSSR count). The number of benzene rings is 1. The predicted molar refractivity (Wildman–Crippen MR) is 83.9 cm³/mol. The summed E-state index contributed by atoms with van der Waals surface area (Å²) < 4.78 is 0. The average molecular weight is 291 g/mol. The summed E-state index contributed by atoms with van der Waals surface area (Å²) in [6, 6.07) is 9.56. The zero-order chi connectivity index (χ0) is 14.5. The van der Waals surface area contributed by atoms with Crippen molar-refractivity contribution in [3.8, 4) is 11.3 Å². The summed E-state index contributed by atoms with van der Waals surface area (Å²) in [7, 11) is 0. The SMILES string of the molecule is CCN(CC)c1nc(CN)cc(-c2ccc(Cl)cc2)n1. The Hall–Kier alpha value is -1.65. The van der Waals surface area contributed by atoms with Crippen molar-refractivity contribution in [3.05, 3.63) is 41.0 Å².